The maximum Gasteiger partial charge on any atom is 0.329 e. The molecule has 36 heavy (non-hydrogen) atoms. The lowest BCUT2D eigenvalue weighted by Gasteiger charge is -2.32. The number of hydrogen-bond acceptors (Lipinski definition) is 6. The molecule has 0 fully saturated rings. The zero-order chi connectivity index (χ0) is 25.7. The quantitative estimate of drug-likeness (QED) is 0.506. The Bertz CT molecular complexity index is 1360. The minimum atomic E-state index is -4.14. The Kier molecular flexibility index (Phi) is 7.44. The van der Waals surface area contributed by atoms with Gasteiger partial charge in [-0.15, -0.1) is 0 Å². The summed E-state index contributed by atoms with van der Waals surface area (Å²) < 4.78 is 38.6. The number of rotatable bonds is 7. The average molecular weight is 510 g/mol. The molecule has 1 atom stereocenters. The third-order valence-electron chi connectivity index (χ3n) is 5.79. The largest absolute Gasteiger partial charge is 0.497 e. The number of nitrogens with one attached hydrogen (secondary N) is 2. The molecular formula is C26H27N3O6S. The van der Waals surface area contributed by atoms with Crippen molar-refractivity contribution in [1.29, 1.82) is 0 Å². The standard InChI is InChI=1S/C26H27N3O6S/c1-18-8-6-7-11-24(18)36(32,33)28-26(31)27-21(16-19-9-4-3-5-10-19)25(30)29-14-15-35-23-17-20(34-2)12-13-22(23)29/h3-13,17,21H,14-16H2,1-2H3,(H2,27,28,31). The van der Waals surface area contributed by atoms with Crippen LogP contribution in [0.3, 0.4) is 0 Å². The molecule has 1 aliphatic rings. The van der Waals surface area contributed by atoms with Crippen molar-refractivity contribution >= 4 is 27.6 Å². The van der Waals surface area contributed by atoms with Gasteiger partial charge in [0.1, 0.15) is 24.1 Å². The molecule has 0 aromatic heterocycles. The molecule has 188 valence electrons. The van der Waals surface area contributed by atoms with Gasteiger partial charge in [-0.3, -0.25) is 4.79 Å². The van der Waals surface area contributed by atoms with E-state index in [1.54, 1.807) is 43.3 Å². The predicted octanol–water partition coefficient (Wildman–Crippen LogP) is 3.03. The zero-order valence-corrected chi connectivity index (χ0v) is 20.7. The number of amides is 3. The number of carbonyl (C=O) groups excluding carboxylic acids is 2. The molecule has 1 aliphatic heterocycles. The lowest BCUT2D eigenvalue weighted by Crippen LogP contribution is -2.54. The van der Waals surface area contributed by atoms with E-state index in [1.165, 1.54) is 18.1 Å². The zero-order valence-electron chi connectivity index (χ0n) is 19.9. The third kappa shape index (κ3) is 5.60. The summed E-state index contributed by atoms with van der Waals surface area (Å²) >= 11 is 0. The van der Waals surface area contributed by atoms with Crippen LogP contribution in [0.5, 0.6) is 11.5 Å². The van der Waals surface area contributed by atoms with Crippen LogP contribution in [-0.4, -0.2) is 46.7 Å². The van der Waals surface area contributed by atoms with E-state index in [0.29, 0.717) is 22.7 Å². The molecule has 1 heterocycles. The van der Waals surface area contributed by atoms with Crippen LogP contribution in [0.4, 0.5) is 10.5 Å². The number of nitrogens with zero attached hydrogens (tertiary/aromatic N) is 1. The fraction of sp³-hybridized carbons (Fsp3) is 0.231. The Balaban J connectivity index is 1.59. The van der Waals surface area contributed by atoms with Gasteiger partial charge in [0.05, 0.1) is 24.2 Å². The van der Waals surface area contributed by atoms with Crippen molar-refractivity contribution in [1.82, 2.24) is 10.0 Å². The smallest absolute Gasteiger partial charge is 0.329 e. The molecule has 10 heteroatoms. The molecule has 3 aromatic carbocycles. The fourth-order valence-corrected chi connectivity index (χ4v) is 5.18. The first-order chi connectivity index (χ1) is 17.3. The molecule has 3 aromatic rings. The summed E-state index contributed by atoms with van der Waals surface area (Å²) in [6, 6.07) is 18.6. The number of aryl methyl sites for hydroxylation is 1. The van der Waals surface area contributed by atoms with Gasteiger partial charge in [-0.2, -0.15) is 0 Å². The van der Waals surface area contributed by atoms with Gasteiger partial charge >= 0.3 is 6.03 Å². The summed E-state index contributed by atoms with van der Waals surface area (Å²) in [4.78, 5) is 28.1. The van der Waals surface area contributed by atoms with E-state index in [1.807, 2.05) is 35.1 Å². The van der Waals surface area contributed by atoms with E-state index in [4.69, 9.17) is 9.47 Å². The van der Waals surface area contributed by atoms with Crippen molar-refractivity contribution in [2.24, 2.45) is 0 Å². The topological polar surface area (TPSA) is 114 Å². The molecule has 9 nitrogen and oxygen atoms in total. The second-order valence-electron chi connectivity index (χ2n) is 8.26. The summed E-state index contributed by atoms with van der Waals surface area (Å²) in [6.45, 7) is 2.17. The summed E-state index contributed by atoms with van der Waals surface area (Å²) in [5, 5.41) is 2.58. The minimum Gasteiger partial charge on any atom is -0.497 e. The second kappa shape index (κ2) is 10.7. The Morgan fingerprint density at radius 1 is 1.06 bits per heavy atom. The molecular weight excluding hydrogens is 482 g/mol. The molecule has 0 radical (unpaired) electrons. The van der Waals surface area contributed by atoms with Crippen LogP contribution in [-0.2, 0) is 21.2 Å². The fourth-order valence-electron chi connectivity index (χ4n) is 4.02. The van der Waals surface area contributed by atoms with Gasteiger partial charge < -0.3 is 19.7 Å². The number of benzene rings is 3. The molecule has 3 amide bonds. The van der Waals surface area contributed by atoms with Crippen molar-refractivity contribution < 1.29 is 27.5 Å². The normalized spacial score (nSPS) is 13.7. The number of ether oxygens (including phenoxy) is 2. The van der Waals surface area contributed by atoms with Crippen LogP contribution in [0.25, 0.3) is 0 Å². The first-order valence-corrected chi connectivity index (χ1v) is 12.8. The lowest BCUT2D eigenvalue weighted by molar-refractivity contribution is -0.120. The summed E-state index contributed by atoms with van der Waals surface area (Å²) in [5.41, 5.74) is 1.84. The van der Waals surface area contributed by atoms with Crippen LogP contribution in [0.2, 0.25) is 0 Å². The van der Waals surface area contributed by atoms with Gasteiger partial charge in [-0.25, -0.2) is 17.9 Å². The van der Waals surface area contributed by atoms with Crippen LogP contribution in [0.1, 0.15) is 11.1 Å². The molecule has 0 spiro atoms. The minimum absolute atomic E-state index is 0.0119. The van der Waals surface area contributed by atoms with Crippen molar-refractivity contribution in [2.45, 2.75) is 24.3 Å². The molecule has 2 N–H and O–H groups in total. The van der Waals surface area contributed by atoms with E-state index in [0.717, 1.165) is 5.56 Å². The van der Waals surface area contributed by atoms with Gasteiger partial charge in [0.15, 0.2) is 0 Å². The van der Waals surface area contributed by atoms with Crippen LogP contribution in [0, 0.1) is 6.92 Å². The van der Waals surface area contributed by atoms with Gasteiger partial charge in [-0.05, 0) is 36.2 Å². The highest BCUT2D eigenvalue weighted by molar-refractivity contribution is 7.90. The van der Waals surface area contributed by atoms with E-state index in [-0.39, 0.29) is 24.5 Å². The molecule has 1 unspecified atom stereocenters. The van der Waals surface area contributed by atoms with Crippen LogP contribution < -0.4 is 24.4 Å². The van der Waals surface area contributed by atoms with E-state index in [9.17, 15) is 18.0 Å². The summed E-state index contributed by atoms with van der Waals surface area (Å²) in [6.07, 6.45) is 0.167. The first kappa shape index (κ1) is 25.1. The average Bonchev–Trinajstić information content (AvgIpc) is 2.87. The number of carbonyl (C=O) groups is 2. The Labute approximate surface area is 210 Å². The number of sulfonamides is 1. The molecule has 4 rings (SSSR count). The Morgan fingerprint density at radius 2 is 1.78 bits per heavy atom. The number of anilines is 1. The molecule has 0 saturated carbocycles. The van der Waals surface area contributed by atoms with Crippen molar-refractivity contribution in [3.63, 3.8) is 0 Å². The number of hydrogen-bond donors (Lipinski definition) is 2. The van der Waals surface area contributed by atoms with Crippen LogP contribution >= 0.6 is 0 Å². The van der Waals surface area contributed by atoms with E-state index < -0.39 is 28.0 Å². The van der Waals surface area contributed by atoms with Crippen LogP contribution in [0.15, 0.2) is 77.7 Å². The van der Waals surface area contributed by atoms with Crippen molar-refractivity contribution in [3.05, 3.63) is 83.9 Å². The van der Waals surface area contributed by atoms with Crippen molar-refractivity contribution in [3.8, 4) is 11.5 Å². The van der Waals surface area contributed by atoms with Gasteiger partial charge in [-0.1, -0.05) is 48.5 Å². The van der Waals surface area contributed by atoms with E-state index >= 15 is 0 Å². The van der Waals surface area contributed by atoms with E-state index in [2.05, 4.69) is 5.32 Å². The maximum atomic E-state index is 13.7. The highest BCUT2D eigenvalue weighted by Crippen LogP contribution is 2.35. The third-order valence-corrected chi connectivity index (χ3v) is 7.28. The van der Waals surface area contributed by atoms with Gasteiger partial charge in [0.25, 0.3) is 10.0 Å². The molecule has 0 bridgehead atoms. The predicted molar refractivity (Wildman–Crippen MR) is 135 cm³/mol. The maximum absolute atomic E-state index is 13.7. The first-order valence-electron chi connectivity index (χ1n) is 11.3. The second-order valence-corrected chi connectivity index (χ2v) is 9.91. The Morgan fingerprint density at radius 3 is 2.50 bits per heavy atom. The van der Waals surface area contributed by atoms with Gasteiger partial charge in [0, 0.05) is 12.5 Å². The lowest BCUT2D eigenvalue weighted by atomic mass is 10.0. The summed E-state index contributed by atoms with van der Waals surface area (Å²) in [5.74, 6) is 0.679. The number of urea groups is 1. The number of fused-ring (bicyclic) bond motifs is 1. The summed E-state index contributed by atoms with van der Waals surface area (Å²) in [7, 11) is -2.60. The number of methoxy groups -OCH3 is 1. The highest BCUT2D eigenvalue weighted by atomic mass is 32.2. The highest BCUT2D eigenvalue weighted by Gasteiger charge is 2.32. The SMILES string of the molecule is COc1ccc2c(c1)OCCN2C(=O)C(Cc1ccccc1)NC(=O)NS(=O)(=O)c1ccccc1C. The van der Waals surface area contributed by atoms with Crippen molar-refractivity contribution in [2.75, 3.05) is 25.2 Å². The van der Waals surface area contributed by atoms with Gasteiger partial charge in [0.2, 0.25) is 5.91 Å². The molecule has 0 saturated heterocycles. The molecule has 0 aliphatic carbocycles. The Hall–Kier alpha value is -4.05. The monoisotopic (exact) mass is 509 g/mol.